The molecule has 0 aromatic heterocycles. The predicted molar refractivity (Wildman–Crippen MR) is 83.4 cm³/mol. The fourth-order valence-corrected chi connectivity index (χ4v) is 3.74. The van der Waals surface area contributed by atoms with E-state index in [1.165, 1.54) is 30.2 Å². The van der Waals surface area contributed by atoms with Crippen molar-refractivity contribution < 1.29 is 12.8 Å². The number of benzene rings is 1. The molecule has 0 saturated carbocycles. The Bertz CT molecular complexity index is 551. The van der Waals surface area contributed by atoms with Gasteiger partial charge in [-0.3, -0.25) is 0 Å². The molecular formula is C14H22FNO2S2. The molecule has 1 aromatic rings. The SMILES string of the molecule is CC(C)(C)NCc1cc(F)ccc1SCCS(C)(=O)=O. The van der Waals surface area contributed by atoms with Crippen LogP contribution in [0.15, 0.2) is 23.1 Å². The monoisotopic (exact) mass is 319 g/mol. The van der Waals surface area contributed by atoms with Crippen molar-refractivity contribution in [2.24, 2.45) is 0 Å². The third-order valence-corrected chi connectivity index (χ3v) is 4.87. The van der Waals surface area contributed by atoms with Crippen LogP contribution in [0.5, 0.6) is 0 Å². The highest BCUT2D eigenvalue weighted by molar-refractivity contribution is 8.00. The van der Waals surface area contributed by atoms with Crippen LogP contribution in [-0.2, 0) is 16.4 Å². The molecule has 3 nitrogen and oxygen atoms in total. The van der Waals surface area contributed by atoms with E-state index in [9.17, 15) is 12.8 Å². The summed E-state index contributed by atoms with van der Waals surface area (Å²) in [6.07, 6.45) is 1.22. The quantitative estimate of drug-likeness (QED) is 0.819. The molecule has 6 heteroatoms. The molecule has 0 saturated heterocycles. The van der Waals surface area contributed by atoms with E-state index in [1.807, 2.05) is 20.8 Å². The second kappa shape index (κ2) is 6.91. The molecule has 0 spiro atoms. The average molecular weight is 319 g/mol. The average Bonchev–Trinajstić information content (AvgIpc) is 2.26. The number of thioether (sulfide) groups is 1. The Morgan fingerprint density at radius 2 is 1.95 bits per heavy atom. The second-order valence-electron chi connectivity index (χ2n) is 5.83. The first kappa shape index (κ1) is 17.5. The van der Waals surface area contributed by atoms with E-state index < -0.39 is 9.84 Å². The summed E-state index contributed by atoms with van der Waals surface area (Å²) in [5.41, 5.74) is 0.805. The fraction of sp³-hybridized carbons (Fsp3) is 0.571. The first-order valence-corrected chi connectivity index (χ1v) is 9.45. The Kier molecular flexibility index (Phi) is 6.04. The van der Waals surface area contributed by atoms with Crippen LogP contribution in [0.4, 0.5) is 4.39 Å². The first-order chi connectivity index (χ1) is 9.07. The van der Waals surface area contributed by atoms with Crippen LogP contribution in [0, 0.1) is 5.82 Å². The van der Waals surface area contributed by atoms with Crippen molar-refractivity contribution in [2.75, 3.05) is 17.8 Å². The van der Waals surface area contributed by atoms with Crippen LogP contribution < -0.4 is 5.32 Å². The predicted octanol–water partition coefficient (Wildman–Crippen LogP) is 2.85. The zero-order chi connectivity index (χ0) is 15.4. The van der Waals surface area contributed by atoms with Crippen LogP contribution in [0.3, 0.4) is 0 Å². The normalized spacial score (nSPS) is 12.7. The third-order valence-electron chi connectivity index (χ3n) is 2.54. The van der Waals surface area contributed by atoms with Gasteiger partial charge in [0, 0.05) is 29.0 Å². The molecule has 0 radical (unpaired) electrons. The first-order valence-electron chi connectivity index (χ1n) is 6.41. The van der Waals surface area contributed by atoms with Crippen molar-refractivity contribution in [3.63, 3.8) is 0 Å². The van der Waals surface area contributed by atoms with Gasteiger partial charge in [-0.2, -0.15) is 0 Å². The van der Waals surface area contributed by atoms with Gasteiger partial charge in [0.25, 0.3) is 0 Å². The van der Waals surface area contributed by atoms with E-state index in [2.05, 4.69) is 5.32 Å². The lowest BCUT2D eigenvalue weighted by molar-refractivity contribution is 0.422. The number of rotatable bonds is 6. The third kappa shape index (κ3) is 7.26. The molecular weight excluding hydrogens is 297 g/mol. The minimum Gasteiger partial charge on any atom is -0.308 e. The van der Waals surface area contributed by atoms with Crippen molar-refractivity contribution >= 4 is 21.6 Å². The largest absolute Gasteiger partial charge is 0.308 e. The van der Waals surface area contributed by atoms with E-state index >= 15 is 0 Å². The zero-order valence-corrected chi connectivity index (χ0v) is 14.0. The summed E-state index contributed by atoms with van der Waals surface area (Å²) in [5, 5.41) is 3.31. The van der Waals surface area contributed by atoms with Crippen molar-refractivity contribution in [2.45, 2.75) is 37.8 Å². The molecule has 0 aliphatic carbocycles. The van der Waals surface area contributed by atoms with Gasteiger partial charge in [0.1, 0.15) is 15.7 Å². The maximum absolute atomic E-state index is 13.3. The molecule has 0 aliphatic heterocycles. The molecule has 114 valence electrons. The molecule has 1 aromatic carbocycles. The van der Waals surface area contributed by atoms with Crippen molar-refractivity contribution in [1.29, 1.82) is 0 Å². The standard InChI is InChI=1S/C14H22FNO2S2/c1-14(2,3)16-10-11-9-12(15)5-6-13(11)19-7-8-20(4,17)18/h5-6,9,16H,7-8,10H2,1-4H3. The van der Waals surface area contributed by atoms with Gasteiger partial charge in [-0.1, -0.05) is 0 Å². The number of sulfone groups is 1. The highest BCUT2D eigenvalue weighted by Gasteiger charge is 2.12. The number of halogens is 1. The molecule has 1 N–H and O–H groups in total. The Labute approximate surface area is 125 Å². The molecule has 0 atom stereocenters. The topological polar surface area (TPSA) is 46.2 Å². The van der Waals surface area contributed by atoms with Crippen LogP contribution in [0.2, 0.25) is 0 Å². The second-order valence-corrected chi connectivity index (χ2v) is 9.23. The summed E-state index contributed by atoms with van der Waals surface area (Å²) in [4.78, 5) is 0.923. The minimum atomic E-state index is -2.96. The number of hydrogen-bond acceptors (Lipinski definition) is 4. The van der Waals surface area contributed by atoms with Gasteiger partial charge in [0.15, 0.2) is 0 Å². The van der Waals surface area contributed by atoms with Gasteiger partial charge in [-0.25, -0.2) is 12.8 Å². The maximum Gasteiger partial charge on any atom is 0.148 e. The molecule has 0 bridgehead atoms. The van der Waals surface area contributed by atoms with Crippen LogP contribution in [0.1, 0.15) is 26.3 Å². The van der Waals surface area contributed by atoms with Gasteiger partial charge in [-0.05, 0) is 44.5 Å². The van der Waals surface area contributed by atoms with Crippen LogP contribution in [-0.4, -0.2) is 31.7 Å². The fourth-order valence-electron chi connectivity index (χ4n) is 1.49. The Morgan fingerprint density at radius 1 is 1.30 bits per heavy atom. The van der Waals surface area contributed by atoms with Crippen molar-refractivity contribution in [1.82, 2.24) is 5.32 Å². The summed E-state index contributed by atoms with van der Waals surface area (Å²) < 4.78 is 35.6. The lowest BCUT2D eigenvalue weighted by Gasteiger charge is -2.21. The van der Waals surface area contributed by atoms with E-state index in [-0.39, 0.29) is 17.1 Å². The van der Waals surface area contributed by atoms with Gasteiger partial charge in [-0.15, -0.1) is 11.8 Å². The van der Waals surface area contributed by atoms with Crippen molar-refractivity contribution in [3.05, 3.63) is 29.6 Å². The van der Waals surface area contributed by atoms with E-state index in [0.717, 1.165) is 10.5 Å². The van der Waals surface area contributed by atoms with Gasteiger partial charge in [0.05, 0.1) is 5.75 Å². The maximum atomic E-state index is 13.3. The molecule has 0 heterocycles. The highest BCUT2D eigenvalue weighted by Crippen LogP contribution is 2.24. The summed E-state index contributed by atoms with van der Waals surface area (Å²) >= 11 is 1.45. The lowest BCUT2D eigenvalue weighted by atomic mass is 10.1. The summed E-state index contributed by atoms with van der Waals surface area (Å²) in [5.74, 6) is 0.330. The molecule has 0 aliphatic rings. The molecule has 20 heavy (non-hydrogen) atoms. The summed E-state index contributed by atoms with van der Waals surface area (Å²) in [6, 6.07) is 4.62. The summed E-state index contributed by atoms with van der Waals surface area (Å²) in [7, 11) is -2.96. The minimum absolute atomic E-state index is 0.0546. The van der Waals surface area contributed by atoms with Gasteiger partial charge in [0.2, 0.25) is 0 Å². The Morgan fingerprint density at radius 3 is 2.50 bits per heavy atom. The van der Waals surface area contributed by atoms with E-state index in [1.54, 1.807) is 6.07 Å². The Balaban J connectivity index is 2.74. The van der Waals surface area contributed by atoms with Crippen molar-refractivity contribution in [3.8, 4) is 0 Å². The number of nitrogens with one attached hydrogen (secondary N) is 1. The molecule has 0 amide bonds. The van der Waals surface area contributed by atoms with Crippen LogP contribution in [0.25, 0.3) is 0 Å². The molecule has 1 rings (SSSR count). The van der Waals surface area contributed by atoms with Crippen LogP contribution >= 0.6 is 11.8 Å². The lowest BCUT2D eigenvalue weighted by Crippen LogP contribution is -2.35. The number of hydrogen-bond donors (Lipinski definition) is 1. The van der Waals surface area contributed by atoms with Gasteiger partial charge < -0.3 is 5.32 Å². The Hall–Kier alpha value is -0.590. The summed E-state index contributed by atoms with van der Waals surface area (Å²) in [6.45, 7) is 6.69. The smallest absolute Gasteiger partial charge is 0.148 e. The molecule has 0 unspecified atom stereocenters. The van der Waals surface area contributed by atoms with E-state index in [0.29, 0.717) is 12.3 Å². The molecule has 0 fully saturated rings. The highest BCUT2D eigenvalue weighted by atomic mass is 32.2. The van der Waals surface area contributed by atoms with Gasteiger partial charge >= 0.3 is 0 Å². The zero-order valence-electron chi connectivity index (χ0n) is 12.4. The van der Waals surface area contributed by atoms with E-state index in [4.69, 9.17) is 0 Å².